The Hall–Kier alpha value is -0.730. The molecule has 0 aliphatic rings. The number of pyridine rings is 1. The summed E-state index contributed by atoms with van der Waals surface area (Å²) in [5, 5.41) is 0.102. The number of methoxy groups -OCH3 is 1. The molecule has 22 heavy (non-hydrogen) atoms. The number of sulfonamides is 1. The van der Waals surface area contributed by atoms with E-state index in [4.69, 9.17) is 39.5 Å². The maximum atomic E-state index is 12.4. The Bertz CT molecular complexity index is 831. The van der Waals surface area contributed by atoms with Crippen LogP contribution in [0.5, 0.6) is 5.75 Å². The normalized spacial score (nSPS) is 11.3. The topological polar surface area (TPSA) is 68.3 Å². The molecule has 1 heterocycles. The summed E-state index contributed by atoms with van der Waals surface area (Å²) in [6.07, 6.45) is 1.28. The average Bonchev–Trinajstić information content (AvgIpc) is 2.45. The average molecular weight is 447 g/mol. The van der Waals surface area contributed by atoms with Crippen LogP contribution in [-0.4, -0.2) is 20.5 Å². The molecule has 0 saturated carbocycles. The number of halogens is 4. The summed E-state index contributed by atoms with van der Waals surface area (Å²) in [7, 11) is -2.54. The lowest BCUT2D eigenvalue weighted by Crippen LogP contribution is -2.14. The second-order valence-corrected chi connectivity index (χ2v) is 7.62. The molecule has 1 aromatic carbocycles. The third kappa shape index (κ3) is 3.60. The lowest BCUT2D eigenvalue weighted by Gasteiger charge is -2.12. The first kappa shape index (κ1) is 17.6. The number of ether oxygens (including phenoxy) is 1. The molecule has 1 aromatic heterocycles. The maximum absolute atomic E-state index is 12.4. The highest BCUT2D eigenvalue weighted by molar-refractivity contribution is 9.10. The van der Waals surface area contributed by atoms with E-state index in [1.165, 1.54) is 31.5 Å². The van der Waals surface area contributed by atoms with Crippen molar-refractivity contribution in [1.29, 1.82) is 0 Å². The Balaban J connectivity index is 2.42. The van der Waals surface area contributed by atoms with Gasteiger partial charge in [-0.25, -0.2) is 13.4 Å². The summed E-state index contributed by atoms with van der Waals surface area (Å²) in [5.41, 5.74) is 0.222. The fraction of sp³-hybridized carbons (Fsp3) is 0.0833. The van der Waals surface area contributed by atoms with Gasteiger partial charge < -0.3 is 4.74 Å². The molecule has 0 spiro atoms. The standard InChI is InChI=1S/C12H8BrCl3N2O3S/c1-21-8-2-3-9(11(15)10(8)14)22(19,20)18-6-4-7(13)12(16)17-5-6/h2-5,18H,1H3. The van der Waals surface area contributed by atoms with E-state index < -0.39 is 10.0 Å². The quantitative estimate of drug-likeness (QED) is 0.697. The van der Waals surface area contributed by atoms with Gasteiger partial charge in [-0.05, 0) is 34.1 Å². The third-order valence-electron chi connectivity index (χ3n) is 2.57. The van der Waals surface area contributed by atoms with E-state index in [1.807, 2.05) is 0 Å². The van der Waals surface area contributed by atoms with Gasteiger partial charge in [0.15, 0.2) is 0 Å². The van der Waals surface area contributed by atoms with Crippen LogP contribution in [0.3, 0.4) is 0 Å². The maximum Gasteiger partial charge on any atom is 0.263 e. The lowest BCUT2D eigenvalue weighted by atomic mass is 10.3. The number of benzene rings is 1. The van der Waals surface area contributed by atoms with E-state index in [9.17, 15) is 8.42 Å². The van der Waals surface area contributed by atoms with E-state index in [0.29, 0.717) is 4.47 Å². The van der Waals surface area contributed by atoms with E-state index in [-0.39, 0.29) is 31.5 Å². The molecule has 1 N–H and O–H groups in total. The number of rotatable bonds is 4. The van der Waals surface area contributed by atoms with Gasteiger partial charge in [-0.15, -0.1) is 0 Å². The minimum atomic E-state index is -3.95. The zero-order valence-corrected chi connectivity index (χ0v) is 15.6. The van der Waals surface area contributed by atoms with Crippen LogP contribution in [0.2, 0.25) is 15.2 Å². The summed E-state index contributed by atoms with van der Waals surface area (Å²) in [5.74, 6) is 0.279. The number of aromatic nitrogens is 1. The van der Waals surface area contributed by atoms with Gasteiger partial charge in [0.25, 0.3) is 10.0 Å². The predicted molar refractivity (Wildman–Crippen MR) is 90.8 cm³/mol. The van der Waals surface area contributed by atoms with Crippen LogP contribution in [0.4, 0.5) is 5.69 Å². The van der Waals surface area contributed by atoms with Crippen molar-refractivity contribution in [3.05, 3.63) is 44.1 Å². The van der Waals surface area contributed by atoms with Crippen molar-refractivity contribution in [3.8, 4) is 5.75 Å². The summed E-state index contributed by atoms with van der Waals surface area (Å²) >= 11 is 20.9. The largest absolute Gasteiger partial charge is 0.495 e. The molecular formula is C12H8BrCl3N2O3S. The number of hydrogen-bond acceptors (Lipinski definition) is 4. The van der Waals surface area contributed by atoms with E-state index in [2.05, 4.69) is 25.6 Å². The summed E-state index contributed by atoms with van der Waals surface area (Å²) in [6.45, 7) is 0. The van der Waals surface area contributed by atoms with Gasteiger partial charge in [-0.3, -0.25) is 4.72 Å². The van der Waals surface area contributed by atoms with Crippen LogP contribution in [-0.2, 0) is 10.0 Å². The van der Waals surface area contributed by atoms with Crippen molar-refractivity contribution in [3.63, 3.8) is 0 Å². The molecule has 0 bridgehead atoms. The van der Waals surface area contributed by atoms with Gasteiger partial charge in [-0.2, -0.15) is 0 Å². The van der Waals surface area contributed by atoms with E-state index >= 15 is 0 Å². The molecule has 0 fully saturated rings. The molecular weight excluding hydrogens is 438 g/mol. The van der Waals surface area contributed by atoms with Gasteiger partial charge in [-0.1, -0.05) is 34.8 Å². The smallest absolute Gasteiger partial charge is 0.263 e. The SMILES string of the molecule is COc1ccc(S(=O)(=O)Nc2cnc(Cl)c(Br)c2)c(Cl)c1Cl. The fourth-order valence-electron chi connectivity index (χ4n) is 1.57. The Labute approximate surface area is 150 Å². The van der Waals surface area contributed by atoms with Crippen LogP contribution in [0, 0.1) is 0 Å². The monoisotopic (exact) mass is 444 g/mol. The van der Waals surface area contributed by atoms with Gasteiger partial charge in [0.05, 0.1) is 28.5 Å². The molecule has 0 unspecified atom stereocenters. The molecule has 0 radical (unpaired) electrons. The van der Waals surface area contributed by atoms with E-state index in [1.54, 1.807) is 0 Å². The van der Waals surface area contributed by atoms with Crippen molar-refractivity contribution in [2.24, 2.45) is 0 Å². The number of nitrogens with one attached hydrogen (secondary N) is 1. The summed E-state index contributed by atoms with van der Waals surface area (Å²) in [6, 6.07) is 4.19. The van der Waals surface area contributed by atoms with Gasteiger partial charge >= 0.3 is 0 Å². The molecule has 0 aliphatic carbocycles. The molecule has 0 aliphatic heterocycles. The van der Waals surface area contributed by atoms with Gasteiger partial charge in [0.2, 0.25) is 0 Å². The van der Waals surface area contributed by atoms with E-state index in [0.717, 1.165) is 0 Å². The molecule has 2 aromatic rings. The number of anilines is 1. The highest BCUT2D eigenvalue weighted by Gasteiger charge is 2.22. The van der Waals surface area contributed by atoms with Crippen molar-refractivity contribution >= 4 is 66.4 Å². The third-order valence-corrected chi connectivity index (χ3v) is 6.10. The Kier molecular flexibility index (Phi) is 5.45. The summed E-state index contributed by atoms with van der Waals surface area (Å²) < 4.78 is 32.6. The Morgan fingerprint density at radius 2 is 1.91 bits per heavy atom. The number of nitrogens with zero attached hydrogens (tertiary/aromatic N) is 1. The van der Waals surface area contributed by atoms with Crippen LogP contribution in [0.25, 0.3) is 0 Å². The lowest BCUT2D eigenvalue weighted by molar-refractivity contribution is 0.414. The Morgan fingerprint density at radius 3 is 2.50 bits per heavy atom. The molecule has 0 atom stereocenters. The fourth-order valence-corrected chi connectivity index (χ4v) is 3.89. The minimum Gasteiger partial charge on any atom is -0.495 e. The zero-order valence-electron chi connectivity index (χ0n) is 10.9. The first-order valence-corrected chi connectivity index (χ1v) is 9.03. The first-order chi connectivity index (χ1) is 10.3. The number of hydrogen-bond donors (Lipinski definition) is 1. The van der Waals surface area contributed by atoms with Gasteiger partial charge in [0, 0.05) is 0 Å². The minimum absolute atomic E-state index is 0.0162. The molecule has 0 saturated heterocycles. The van der Waals surface area contributed by atoms with Crippen molar-refractivity contribution in [2.75, 3.05) is 11.8 Å². The zero-order chi connectivity index (χ0) is 16.5. The molecule has 118 valence electrons. The van der Waals surface area contributed by atoms with Crippen molar-refractivity contribution in [2.45, 2.75) is 4.90 Å². The molecule has 10 heteroatoms. The van der Waals surface area contributed by atoms with Crippen molar-refractivity contribution < 1.29 is 13.2 Å². The highest BCUT2D eigenvalue weighted by Crippen LogP contribution is 2.37. The van der Waals surface area contributed by atoms with Crippen LogP contribution in [0.15, 0.2) is 33.8 Å². The predicted octanol–water partition coefficient (Wildman–Crippen LogP) is 4.61. The van der Waals surface area contributed by atoms with Crippen molar-refractivity contribution in [1.82, 2.24) is 4.98 Å². The molecule has 0 amide bonds. The second-order valence-electron chi connectivity index (χ2n) is 4.00. The highest BCUT2D eigenvalue weighted by atomic mass is 79.9. The van der Waals surface area contributed by atoms with Crippen LogP contribution in [0.1, 0.15) is 0 Å². The first-order valence-electron chi connectivity index (χ1n) is 5.62. The molecule has 2 rings (SSSR count). The van der Waals surface area contributed by atoms with Gasteiger partial charge in [0.1, 0.15) is 20.8 Å². The van der Waals surface area contributed by atoms with Crippen LogP contribution >= 0.6 is 50.7 Å². The Morgan fingerprint density at radius 1 is 1.23 bits per heavy atom. The van der Waals surface area contributed by atoms with Crippen LogP contribution < -0.4 is 9.46 Å². The second kappa shape index (κ2) is 6.80. The summed E-state index contributed by atoms with van der Waals surface area (Å²) in [4.78, 5) is 3.66. The molecule has 5 nitrogen and oxygen atoms in total.